The zero-order valence-electron chi connectivity index (χ0n) is 10.5. The Bertz CT molecular complexity index is 470. The molecule has 0 heterocycles. The number of benzene rings is 2. The lowest BCUT2D eigenvalue weighted by Crippen LogP contribution is -2.14. The molecule has 20 heavy (non-hydrogen) atoms. The summed E-state index contributed by atoms with van der Waals surface area (Å²) >= 11 is 2.51. The molecule has 0 saturated carbocycles. The summed E-state index contributed by atoms with van der Waals surface area (Å²) in [7, 11) is 0. The summed E-state index contributed by atoms with van der Waals surface area (Å²) in [6, 6.07) is 18.4. The van der Waals surface area contributed by atoms with Crippen LogP contribution in [0.3, 0.4) is 0 Å². The number of hydrogen-bond acceptors (Lipinski definition) is 2. The molecule has 0 nitrogen and oxygen atoms in total. The number of thioether (sulfide) groups is 2. The van der Waals surface area contributed by atoms with Gasteiger partial charge in [-0.05, 0) is 24.3 Å². The van der Waals surface area contributed by atoms with E-state index < -0.39 is 17.2 Å². The standard InChI is InChI=1S/C15H13F3S2/c16-15(17,18)11-14(19-12-7-3-1-4-8-12)20-13-9-5-2-6-10-13/h1-10,14H,11H2. The Hall–Kier alpha value is -1.07. The quantitative estimate of drug-likeness (QED) is 0.501. The lowest BCUT2D eigenvalue weighted by molar-refractivity contribution is -0.131. The van der Waals surface area contributed by atoms with Crippen molar-refractivity contribution in [3.05, 3.63) is 60.7 Å². The number of alkyl halides is 3. The molecule has 0 N–H and O–H groups in total. The second-order valence-electron chi connectivity index (χ2n) is 4.11. The van der Waals surface area contributed by atoms with E-state index in [9.17, 15) is 13.2 Å². The molecule has 0 bridgehead atoms. The van der Waals surface area contributed by atoms with E-state index in [2.05, 4.69) is 0 Å². The number of hydrogen-bond donors (Lipinski definition) is 0. The minimum Gasteiger partial charge on any atom is -0.171 e. The lowest BCUT2D eigenvalue weighted by Gasteiger charge is -2.18. The van der Waals surface area contributed by atoms with Gasteiger partial charge in [0.05, 0.1) is 11.0 Å². The Balaban J connectivity index is 2.08. The fourth-order valence-electron chi connectivity index (χ4n) is 1.60. The van der Waals surface area contributed by atoms with Gasteiger partial charge in [0.2, 0.25) is 0 Å². The van der Waals surface area contributed by atoms with E-state index in [0.29, 0.717) is 0 Å². The molecule has 2 aromatic rings. The van der Waals surface area contributed by atoms with Crippen molar-refractivity contribution in [1.29, 1.82) is 0 Å². The molecule has 2 aromatic carbocycles. The molecule has 0 aliphatic rings. The smallest absolute Gasteiger partial charge is 0.171 e. The van der Waals surface area contributed by atoms with E-state index in [1.165, 1.54) is 23.5 Å². The first-order valence-electron chi connectivity index (χ1n) is 6.03. The Kier molecular flexibility index (Phi) is 5.43. The molecular weight excluding hydrogens is 301 g/mol. The van der Waals surface area contributed by atoms with Crippen molar-refractivity contribution >= 4 is 23.5 Å². The Labute approximate surface area is 124 Å². The molecule has 106 valence electrons. The zero-order valence-corrected chi connectivity index (χ0v) is 12.1. The number of halogens is 3. The van der Waals surface area contributed by atoms with Crippen LogP contribution in [0, 0.1) is 0 Å². The Morgan fingerprint density at radius 1 is 0.750 bits per heavy atom. The van der Waals surface area contributed by atoms with Gasteiger partial charge in [-0.1, -0.05) is 36.4 Å². The van der Waals surface area contributed by atoms with Gasteiger partial charge in [-0.3, -0.25) is 0 Å². The third kappa shape index (κ3) is 5.51. The monoisotopic (exact) mass is 314 g/mol. The summed E-state index contributed by atoms with van der Waals surface area (Å²) in [4.78, 5) is 1.70. The summed E-state index contributed by atoms with van der Waals surface area (Å²) < 4.78 is 37.5. The van der Waals surface area contributed by atoms with Crippen LogP contribution in [0.25, 0.3) is 0 Å². The molecule has 0 aliphatic carbocycles. The maximum absolute atomic E-state index is 12.7. The third-order valence-corrected chi connectivity index (χ3v) is 4.94. The fraction of sp³-hybridized carbons (Fsp3) is 0.200. The van der Waals surface area contributed by atoms with Crippen LogP contribution in [0.2, 0.25) is 0 Å². The lowest BCUT2D eigenvalue weighted by atomic mass is 10.4. The topological polar surface area (TPSA) is 0 Å². The average Bonchev–Trinajstić information content (AvgIpc) is 2.39. The molecule has 0 atom stereocenters. The summed E-state index contributed by atoms with van der Waals surface area (Å²) in [5.41, 5.74) is 0. The van der Waals surface area contributed by atoms with Crippen molar-refractivity contribution in [2.75, 3.05) is 0 Å². The highest BCUT2D eigenvalue weighted by molar-refractivity contribution is 8.17. The molecule has 0 amide bonds. The van der Waals surface area contributed by atoms with Crippen molar-refractivity contribution in [2.45, 2.75) is 27.0 Å². The van der Waals surface area contributed by atoms with E-state index >= 15 is 0 Å². The van der Waals surface area contributed by atoms with Gasteiger partial charge in [-0.25, -0.2) is 0 Å². The minimum atomic E-state index is -4.16. The average molecular weight is 314 g/mol. The SMILES string of the molecule is FC(F)(F)CC(Sc1ccccc1)Sc1ccccc1. The summed E-state index contributed by atoms with van der Waals surface area (Å²) in [5, 5.41) is 0. The highest BCUT2D eigenvalue weighted by atomic mass is 32.2. The van der Waals surface area contributed by atoms with Gasteiger partial charge in [0.1, 0.15) is 0 Å². The second kappa shape index (κ2) is 7.09. The first-order valence-corrected chi connectivity index (χ1v) is 7.79. The fourth-order valence-corrected chi connectivity index (χ4v) is 4.24. The first kappa shape index (κ1) is 15.3. The minimum absolute atomic E-state index is 0.584. The molecule has 0 aromatic heterocycles. The van der Waals surface area contributed by atoms with Crippen LogP contribution in [0.15, 0.2) is 70.5 Å². The molecule has 5 heteroatoms. The summed E-state index contributed by atoms with van der Waals surface area (Å²) in [5.74, 6) is 0. The third-order valence-electron chi connectivity index (χ3n) is 2.42. The van der Waals surface area contributed by atoms with Gasteiger partial charge >= 0.3 is 6.18 Å². The molecule has 0 saturated heterocycles. The molecule has 2 rings (SSSR count). The zero-order chi connectivity index (χ0) is 14.4. The predicted molar refractivity (Wildman–Crippen MR) is 79.1 cm³/mol. The second-order valence-corrected chi connectivity index (χ2v) is 6.96. The van der Waals surface area contributed by atoms with E-state index in [-0.39, 0.29) is 0 Å². The van der Waals surface area contributed by atoms with Crippen LogP contribution in [-0.4, -0.2) is 10.8 Å². The normalized spacial score (nSPS) is 11.8. The van der Waals surface area contributed by atoms with Gasteiger partial charge in [-0.15, -0.1) is 23.5 Å². The molecule has 0 spiro atoms. The Morgan fingerprint density at radius 2 is 1.15 bits per heavy atom. The van der Waals surface area contributed by atoms with Gasteiger partial charge in [0.25, 0.3) is 0 Å². The van der Waals surface area contributed by atoms with Crippen molar-refractivity contribution in [2.24, 2.45) is 0 Å². The van der Waals surface area contributed by atoms with E-state index in [4.69, 9.17) is 0 Å². The van der Waals surface area contributed by atoms with Crippen molar-refractivity contribution in [3.63, 3.8) is 0 Å². The van der Waals surface area contributed by atoms with Crippen LogP contribution >= 0.6 is 23.5 Å². The summed E-state index contributed by atoms with van der Waals surface area (Å²) in [6.07, 6.45) is -4.97. The summed E-state index contributed by atoms with van der Waals surface area (Å²) in [6.45, 7) is 0. The van der Waals surface area contributed by atoms with Crippen molar-refractivity contribution in [3.8, 4) is 0 Å². The van der Waals surface area contributed by atoms with Crippen LogP contribution < -0.4 is 0 Å². The first-order chi connectivity index (χ1) is 9.53. The van der Waals surface area contributed by atoms with Crippen LogP contribution in [0.1, 0.15) is 6.42 Å². The van der Waals surface area contributed by atoms with Crippen LogP contribution in [0.4, 0.5) is 13.2 Å². The molecule has 0 fully saturated rings. The van der Waals surface area contributed by atoms with E-state index in [1.54, 1.807) is 0 Å². The largest absolute Gasteiger partial charge is 0.391 e. The van der Waals surface area contributed by atoms with Crippen molar-refractivity contribution in [1.82, 2.24) is 0 Å². The van der Waals surface area contributed by atoms with Gasteiger partial charge in [-0.2, -0.15) is 13.2 Å². The molecule has 0 radical (unpaired) electrons. The molecule has 0 aliphatic heterocycles. The van der Waals surface area contributed by atoms with Gasteiger partial charge < -0.3 is 0 Å². The van der Waals surface area contributed by atoms with Crippen LogP contribution in [-0.2, 0) is 0 Å². The predicted octanol–water partition coefficient (Wildman–Crippen LogP) is 5.85. The van der Waals surface area contributed by atoms with Gasteiger partial charge in [0.15, 0.2) is 0 Å². The number of rotatable bonds is 5. The van der Waals surface area contributed by atoms with E-state index in [0.717, 1.165) is 9.79 Å². The maximum Gasteiger partial charge on any atom is 0.391 e. The highest BCUT2D eigenvalue weighted by Gasteiger charge is 2.32. The van der Waals surface area contributed by atoms with Crippen molar-refractivity contribution < 1.29 is 13.2 Å². The molecular formula is C15H13F3S2. The van der Waals surface area contributed by atoms with Gasteiger partial charge in [0, 0.05) is 9.79 Å². The maximum atomic E-state index is 12.7. The Morgan fingerprint density at radius 3 is 1.50 bits per heavy atom. The van der Waals surface area contributed by atoms with Crippen LogP contribution in [0.5, 0.6) is 0 Å². The highest BCUT2D eigenvalue weighted by Crippen LogP contribution is 2.41. The van der Waals surface area contributed by atoms with E-state index in [1.807, 2.05) is 60.7 Å². The molecule has 0 unspecified atom stereocenters.